The lowest BCUT2D eigenvalue weighted by atomic mass is 10.2. The number of benzene rings is 1. The molecule has 0 saturated heterocycles. The lowest BCUT2D eigenvalue weighted by Gasteiger charge is -2.16. The first-order chi connectivity index (χ1) is 9.06. The highest BCUT2D eigenvalue weighted by Crippen LogP contribution is 2.14. The van der Waals surface area contributed by atoms with Crippen molar-refractivity contribution in [1.82, 2.24) is 5.32 Å². The number of nitrogens with one attached hydrogen (secondary N) is 1. The van der Waals surface area contributed by atoms with Crippen LogP contribution in [0.1, 0.15) is 19.4 Å². The second-order valence-electron chi connectivity index (χ2n) is 4.43. The Morgan fingerprint density at radius 1 is 1.53 bits per heavy atom. The number of carbonyl (C=O) groups is 1. The Morgan fingerprint density at radius 3 is 2.89 bits per heavy atom. The van der Waals surface area contributed by atoms with Crippen LogP contribution in [0.15, 0.2) is 24.3 Å². The number of amides is 1. The number of nitriles is 1. The van der Waals surface area contributed by atoms with E-state index >= 15 is 0 Å². The molecule has 0 aliphatic carbocycles. The average molecular weight is 262 g/mol. The summed E-state index contributed by atoms with van der Waals surface area (Å²) in [6.07, 6.45) is -0.653. The van der Waals surface area contributed by atoms with Crippen molar-refractivity contribution in [2.45, 2.75) is 20.0 Å². The van der Waals surface area contributed by atoms with Gasteiger partial charge in [-0.15, -0.1) is 0 Å². The van der Waals surface area contributed by atoms with Crippen molar-refractivity contribution in [2.75, 3.05) is 13.2 Å². The van der Waals surface area contributed by atoms with Gasteiger partial charge in [-0.3, -0.25) is 4.79 Å². The summed E-state index contributed by atoms with van der Waals surface area (Å²) in [6.45, 7) is 3.90. The summed E-state index contributed by atoms with van der Waals surface area (Å²) in [6, 6.07) is 8.66. The Balaban J connectivity index is 2.51. The molecule has 1 rings (SSSR count). The Labute approximate surface area is 112 Å². The zero-order chi connectivity index (χ0) is 14.3. The van der Waals surface area contributed by atoms with E-state index in [2.05, 4.69) is 5.32 Å². The maximum atomic E-state index is 11.7. The first-order valence-corrected chi connectivity index (χ1v) is 6.12. The maximum absolute atomic E-state index is 11.7. The van der Waals surface area contributed by atoms with Gasteiger partial charge in [0.1, 0.15) is 5.75 Å². The van der Waals surface area contributed by atoms with Crippen LogP contribution >= 0.6 is 0 Å². The Morgan fingerprint density at radius 2 is 2.26 bits per heavy atom. The van der Waals surface area contributed by atoms with E-state index in [-0.39, 0.29) is 18.4 Å². The molecule has 19 heavy (non-hydrogen) atoms. The molecule has 0 aliphatic heterocycles. The van der Waals surface area contributed by atoms with Crippen molar-refractivity contribution in [3.63, 3.8) is 0 Å². The molecule has 1 aromatic rings. The number of hydrogen-bond acceptors (Lipinski definition) is 4. The van der Waals surface area contributed by atoms with Crippen LogP contribution in [0, 0.1) is 17.2 Å². The van der Waals surface area contributed by atoms with Crippen LogP contribution in [0.4, 0.5) is 0 Å². The van der Waals surface area contributed by atoms with E-state index < -0.39 is 6.10 Å². The summed E-state index contributed by atoms with van der Waals surface area (Å²) in [5.74, 6) is 0.248. The number of ether oxygens (including phenoxy) is 1. The van der Waals surface area contributed by atoms with Gasteiger partial charge in [-0.2, -0.15) is 5.26 Å². The molecule has 0 heterocycles. The summed E-state index contributed by atoms with van der Waals surface area (Å²) >= 11 is 0. The minimum Gasteiger partial charge on any atom is -0.481 e. The van der Waals surface area contributed by atoms with Gasteiger partial charge < -0.3 is 15.2 Å². The predicted octanol–water partition coefficient (Wildman–Crippen LogP) is 1.07. The molecule has 0 aliphatic rings. The number of aliphatic hydroxyl groups is 1. The van der Waals surface area contributed by atoms with Crippen molar-refractivity contribution in [3.8, 4) is 11.8 Å². The fourth-order valence-electron chi connectivity index (χ4n) is 1.38. The standard InChI is InChI=1S/C14H18N2O3/c1-10(9-17)8-16-14(18)11(2)19-13-5-3-4-12(6-13)7-15/h3-6,10-11,17H,8-9H2,1-2H3,(H,16,18). The Kier molecular flexibility index (Phi) is 5.83. The third kappa shape index (κ3) is 4.98. The van der Waals surface area contributed by atoms with Gasteiger partial charge in [-0.1, -0.05) is 13.0 Å². The Bertz CT molecular complexity index is 468. The minimum atomic E-state index is -0.653. The first-order valence-electron chi connectivity index (χ1n) is 6.12. The highest BCUT2D eigenvalue weighted by Gasteiger charge is 2.15. The quantitative estimate of drug-likeness (QED) is 0.803. The van der Waals surface area contributed by atoms with E-state index in [0.29, 0.717) is 17.9 Å². The molecule has 2 N–H and O–H groups in total. The molecule has 0 spiro atoms. The second-order valence-corrected chi connectivity index (χ2v) is 4.43. The lowest BCUT2D eigenvalue weighted by Crippen LogP contribution is -2.39. The van der Waals surface area contributed by atoms with Crippen LogP contribution in [-0.4, -0.2) is 30.3 Å². The zero-order valence-corrected chi connectivity index (χ0v) is 11.1. The molecule has 0 radical (unpaired) electrons. The molecule has 0 fully saturated rings. The van der Waals surface area contributed by atoms with Gasteiger partial charge in [-0.05, 0) is 31.0 Å². The number of rotatable bonds is 6. The number of carbonyl (C=O) groups excluding carboxylic acids is 1. The van der Waals surface area contributed by atoms with E-state index in [0.717, 1.165) is 0 Å². The molecule has 1 aromatic carbocycles. The summed E-state index contributed by atoms with van der Waals surface area (Å²) in [7, 11) is 0. The lowest BCUT2D eigenvalue weighted by molar-refractivity contribution is -0.127. The van der Waals surface area contributed by atoms with E-state index in [1.807, 2.05) is 13.0 Å². The summed E-state index contributed by atoms with van der Waals surface area (Å²) in [5, 5.41) is 20.3. The fraction of sp³-hybridized carbons (Fsp3) is 0.429. The van der Waals surface area contributed by atoms with Crippen LogP contribution in [0.2, 0.25) is 0 Å². The van der Waals surface area contributed by atoms with Crippen LogP contribution in [0.5, 0.6) is 5.75 Å². The summed E-state index contributed by atoms with van der Waals surface area (Å²) in [5.41, 5.74) is 0.485. The molecule has 0 bridgehead atoms. The van der Waals surface area contributed by atoms with E-state index in [1.54, 1.807) is 31.2 Å². The van der Waals surface area contributed by atoms with Crippen LogP contribution in [0.3, 0.4) is 0 Å². The highest BCUT2D eigenvalue weighted by atomic mass is 16.5. The molecule has 1 amide bonds. The predicted molar refractivity (Wildman–Crippen MR) is 70.5 cm³/mol. The van der Waals surface area contributed by atoms with E-state index in [4.69, 9.17) is 15.1 Å². The minimum absolute atomic E-state index is 0.0121. The molecule has 2 unspecified atom stereocenters. The highest BCUT2D eigenvalue weighted by molar-refractivity contribution is 5.80. The molecule has 102 valence electrons. The number of hydrogen-bond donors (Lipinski definition) is 2. The molecule has 0 aromatic heterocycles. The number of aliphatic hydroxyl groups excluding tert-OH is 1. The molecular weight excluding hydrogens is 244 g/mol. The second kappa shape index (κ2) is 7.39. The van der Waals surface area contributed by atoms with Crippen molar-refractivity contribution < 1.29 is 14.6 Å². The summed E-state index contributed by atoms with van der Waals surface area (Å²) < 4.78 is 5.46. The molecular formula is C14H18N2O3. The van der Waals surface area contributed by atoms with Gasteiger partial charge in [-0.25, -0.2) is 0 Å². The van der Waals surface area contributed by atoms with Gasteiger partial charge in [0, 0.05) is 13.2 Å². The van der Waals surface area contributed by atoms with Gasteiger partial charge >= 0.3 is 0 Å². The van der Waals surface area contributed by atoms with Crippen LogP contribution in [0.25, 0.3) is 0 Å². The first kappa shape index (κ1) is 15.0. The van der Waals surface area contributed by atoms with Crippen molar-refractivity contribution in [3.05, 3.63) is 29.8 Å². The third-order valence-corrected chi connectivity index (χ3v) is 2.58. The van der Waals surface area contributed by atoms with E-state index in [1.165, 1.54) is 0 Å². The smallest absolute Gasteiger partial charge is 0.260 e. The SMILES string of the molecule is CC(CO)CNC(=O)C(C)Oc1cccc(C#N)c1. The molecule has 5 nitrogen and oxygen atoms in total. The Hall–Kier alpha value is -2.06. The zero-order valence-electron chi connectivity index (χ0n) is 11.1. The van der Waals surface area contributed by atoms with Gasteiger partial charge in [0.05, 0.1) is 11.6 Å². The summed E-state index contributed by atoms with van der Waals surface area (Å²) in [4.78, 5) is 11.7. The van der Waals surface area contributed by atoms with Gasteiger partial charge in [0.2, 0.25) is 0 Å². The van der Waals surface area contributed by atoms with Crippen LogP contribution in [-0.2, 0) is 4.79 Å². The largest absolute Gasteiger partial charge is 0.481 e. The third-order valence-electron chi connectivity index (χ3n) is 2.58. The topological polar surface area (TPSA) is 82.3 Å². The maximum Gasteiger partial charge on any atom is 0.260 e. The monoisotopic (exact) mass is 262 g/mol. The van der Waals surface area contributed by atoms with Crippen LogP contribution < -0.4 is 10.1 Å². The average Bonchev–Trinajstić information content (AvgIpc) is 2.44. The van der Waals surface area contributed by atoms with E-state index in [9.17, 15) is 4.79 Å². The van der Waals surface area contributed by atoms with Crippen molar-refractivity contribution in [2.24, 2.45) is 5.92 Å². The molecule has 0 saturated carbocycles. The normalized spacial score (nSPS) is 13.2. The molecule has 5 heteroatoms. The van der Waals surface area contributed by atoms with Gasteiger partial charge in [0.25, 0.3) is 5.91 Å². The van der Waals surface area contributed by atoms with Gasteiger partial charge in [0.15, 0.2) is 6.10 Å². The molecule has 2 atom stereocenters. The van der Waals surface area contributed by atoms with Crippen molar-refractivity contribution >= 4 is 5.91 Å². The fourth-order valence-corrected chi connectivity index (χ4v) is 1.38. The number of nitrogens with zero attached hydrogens (tertiary/aromatic N) is 1. The van der Waals surface area contributed by atoms with Crippen molar-refractivity contribution in [1.29, 1.82) is 5.26 Å².